The van der Waals surface area contributed by atoms with E-state index in [2.05, 4.69) is 9.97 Å². The van der Waals surface area contributed by atoms with Gasteiger partial charge >= 0.3 is 10.1 Å². The van der Waals surface area contributed by atoms with E-state index in [1.807, 2.05) is 0 Å². The monoisotopic (exact) mass is 162 g/mol. The topological polar surface area (TPSA) is 83.1 Å². The lowest BCUT2D eigenvalue weighted by Gasteiger charge is -1.86. The molecule has 0 amide bonds. The third-order valence-corrected chi connectivity index (χ3v) is 1.62. The fraction of sp³-hybridized carbons (Fsp3) is 0.250. The number of nitrogens with zero attached hydrogens (tertiary/aromatic N) is 1. The normalized spacial score (nSPS) is 11.8. The van der Waals surface area contributed by atoms with Crippen molar-refractivity contribution < 1.29 is 13.0 Å². The Labute approximate surface area is 57.9 Å². The molecule has 1 aromatic rings. The van der Waals surface area contributed by atoms with Crippen molar-refractivity contribution in [3.63, 3.8) is 0 Å². The summed E-state index contributed by atoms with van der Waals surface area (Å²) in [7, 11) is -4.15. The molecule has 0 aliphatic heterocycles. The maximum absolute atomic E-state index is 10.3. The Bertz CT molecular complexity index is 326. The van der Waals surface area contributed by atoms with Gasteiger partial charge in [-0.2, -0.15) is 8.42 Å². The molecule has 0 aliphatic carbocycles. The highest BCUT2D eigenvalue weighted by Gasteiger charge is 2.11. The van der Waals surface area contributed by atoms with E-state index in [1.54, 1.807) is 6.92 Å². The first-order valence-corrected chi connectivity index (χ1v) is 3.93. The molecular weight excluding hydrogens is 156 g/mol. The van der Waals surface area contributed by atoms with Crippen molar-refractivity contribution in [2.24, 2.45) is 0 Å². The predicted molar refractivity (Wildman–Crippen MR) is 33.1 cm³/mol. The Kier molecular flexibility index (Phi) is 1.49. The van der Waals surface area contributed by atoms with Crippen LogP contribution in [0.5, 0.6) is 0 Å². The molecule has 2 N–H and O–H groups in total. The van der Waals surface area contributed by atoms with Crippen LogP contribution < -0.4 is 0 Å². The second-order valence-corrected chi connectivity index (χ2v) is 3.18. The third-order valence-electron chi connectivity index (χ3n) is 0.924. The number of hydrogen-bond acceptors (Lipinski definition) is 3. The third kappa shape index (κ3) is 1.34. The molecule has 0 radical (unpaired) electrons. The number of imidazole rings is 1. The van der Waals surface area contributed by atoms with Crippen molar-refractivity contribution in [1.29, 1.82) is 0 Å². The van der Waals surface area contributed by atoms with Crippen molar-refractivity contribution >= 4 is 10.1 Å². The first kappa shape index (κ1) is 7.23. The van der Waals surface area contributed by atoms with E-state index in [0.29, 0.717) is 5.69 Å². The van der Waals surface area contributed by atoms with Gasteiger partial charge in [-0.25, -0.2) is 4.98 Å². The summed E-state index contributed by atoms with van der Waals surface area (Å²) in [5, 5.41) is -0.412. The first-order valence-electron chi connectivity index (χ1n) is 2.49. The van der Waals surface area contributed by atoms with Crippen LogP contribution in [0.1, 0.15) is 5.69 Å². The van der Waals surface area contributed by atoms with E-state index in [9.17, 15) is 8.42 Å². The smallest absolute Gasteiger partial charge is 0.328 e. The van der Waals surface area contributed by atoms with E-state index in [4.69, 9.17) is 4.55 Å². The van der Waals surface area contributed by atoms with Crippen LogP contribution in [0.15, 0.2) is 11.4 Å². The van der Waals surface area contributed by atoms with Crippen LogP contribution in [-0.4, -0.2) is 22.9 Å². The molecule has 0 bridgehead atoms. The second kappa shape index (κ2) is 2.06. The zero-order valence-corrected chi connectivity index (χ0v) is 6.01. The molecule has 0 spiro atoms. The summed E-state index contributed by atoms with van der Waals surface area (Å²) in [6, 6.07) is 0. The van der Waals surface area contributed by atoms with Gasteiger partial charge in [0.1, 0.15) is 0 Å². The lowest BCUT2D eigenvalue weighted by molar-refractivity contribution is 0.475. The summed E-state index contributed by atoms with van der Waals surface area (Å²) in [5.74, 6) is 0. The van der Waals surface area contributed by atoms with Gasteiger partial charge < -0.3 is 4.98 Å². The van der Waals surface area contributed by atoms with Crippen LogP contribution in [0.25, 0.3) is 0 Å². The van der Waals surface area contributed by atoms with E-state index >= 15 is 0 Å². The van der Waals surface area contributed by atoms with Crippen LogP contribution in [-0.2, 0) is 10.1 Å². The van der Waals surface area contributed by atoms with Gasteiger partial charge in [0.05, 0.1) is 0 Å². The second-order valence-electron chi connectivity index (χ2n) is 1.85. The summed E-state index contributed by atoms with van der Waals surface area (Å²) >= 11 is 0. The van der Waals surface area contributed by atoms with Gasteiger partial charge in [0.15, 0.2) is 0 Å². The van der Waals surface area contributed by atoms with E-state index in [1.165, 1.54) is 6.20 Å². The van der Waals surface area contributed by atoms with Gasteiger partial charge in [-0.3, -0.25) is 4.55 Å². The minimum atomic E-state index is -4.15. The molecule has 0 aliphatic rings. The van der Waals surface area contributed by atoms with Gasteiger partial charge in [0.2, 0.25) is 0 Å². The SMILES string of the molecule is Cc1cnc(S(=O)(=O)O)[nH]1. The molecule has 0 saturated heterocycles. The average Bonchev–Trinajstić information content (AvgIpc) is 2.11. The molecule has 1 rings (SSSR count). The van der Waals surface area contributed by atoms with Crippen molar-refractivity contribution in [3.8, 4) is 0 Å². The summed E-state index contributed by atoms with van der Waals surface area (Å²) < 4.78 is 29.0. The molecule has 0 fully saturated rings. The maximum Gasteiger partial charge on any atom is 0.328 e. The van der Waals surface area contributed by atoms with Gasteiger partial charge in [-0.1, -0.05) is 0 Å². The average molecular weight is 162 g/mol. The summed E-state index contributed by atoms with van der Waals surface area (Å²) in [6.07, 6.45) is 1.32. The number of rotatable bonds is 1. The largest absolute Gasteiger partial charge is 0.331 e. The van der Waals surface area contributed by atoms with E-state index < -0.39 is 15.3 Å². The van der Waals surface area contributed by atoms with Crippen LogP contribution in [0.4, 0.5) is 0 Å². The molecule has 0 saturated carbocycles. The van der Waals surface area contributed by atoms with Crippen LogP contribution >= 0.6 is 0 Å². The minimum Gasteiger partial charge on any atom is -0.331 e. The molecule has 5 nitrogen and oxygen atoms in total. The maximum atomic E-state index is 10.3. The Morgan fingerprint density at radius 3 is 2.50 bits per heavy atom. The molecule has 6 heteroatoms. The Morgan fingerprint density at radius 2 is 2.30 bits per heavy atom. The van der Waals surface area contributed by atoms with Crippen molar-refractivity contribution in [3.05, 3.63) is 11.9 Å². The van der Waals surface area contributed by atoms with E-state index in [0.717, 1.165) is 0 Å². The highest BCUT2D eigenvalue weighted by Crippen LogP contribution is 2.01. The highest BCUT2D eigenvalue weighted by atomic mass is 32.2. The molecular formula is C4H6N2O3S. The fourth-order valence-electron chi connectivity index (χ4n) is 0.520. The molecule has 0 atom stereocenters. The van der Waals surface area contributed by atoms with Gasteiger partial charge in [-0.15, -0.1) is 0 Å². The van der Waals surface area contributed by atoms with Crippen molar-refractivity contribution in [2.75, 3.05) is 0 Å². The lowest BCUT2D eigenvalue weighted by atomic mass is 10.6. The van der Waals surface area contributed by atoms with Crippen LogP contribution in [0.3, 0.4) is 0 Å². The van der Waals surface area contributed by atoms with E-state index in [-0.39, 0.29) is 0 Å². The van der Waals surface area contributed by atoms with Gasteiger partial charge in [0, 0.05) is 11.9 Å². The van der Waals surface area contributed by atoms with Gasteiger partial charge in [0.25, 0.3) is 5.16 Å². The number of aromatic nitrogens is 2. The zero-order valence-electron chi connectivity index (χ0n) is 5.20. The molecule has 1 aromatic heterocycles. The van der Waals surface area contributed by atoms with Crippen LogP contribution in [0, 0.1) is 6.92 Å². The van der Waals surface area contributed by atoms with Gasteiger partial charge in [-0.05, 0) is 6.92 Å². The standard InChI is InChI=1S/C4H6N2O3S/c1-3-2-5-4(6-3)10(7,8)9/h2H,1H3,(H,5,6)(H,7,8,9). The zero-order chi connectivity index (χ0) is 7.78. The quantitative estimate of drug-likeness (QED) is 0.568. The Hall–Kier alpha value is -0.880. The molecule has 0 aromatic carbocycles. The number of aryl methyl sites for hydroxylation is 1. The van der Waals surface area contributed by atoms with Crippen molar-refractivity contribution in [2.45, 2.75) is 12.1 Å². The molecule has 56 valence electrons. The fourth-order valence-corrected chi connectivity index (χ4v) is 0.996. The summed E-state index contributed by atoms with van der Waals surface area (Å²) in [6.45, 7) is 1.64. The minimum absolute atomic E-state index is 0.412. The number of H-pyrrole nitrogens is 1. The summed E-state index contributed by atoms with van der Waals surface area (Å²) in [5.41, 5.74) is 0.590. The number of nitrogens with one attached hydrogen (secondary N) is 1. The van der Waals surface area contributed by atoms with Crippen LogP contribution in [0.2, 0.25) is 0 Å². The Morgan fingerprint density at radius 1 is 1.70 bits per heavy atom. The van der Waals surface area contributed by atoms with Crippen molar-refractivity contribution in [1.82, 2.24) is 9.97 Å². The number of aromatic amines is 1. The first-order chi connectivity index (χ1) is 4.50. The Balaban J connectivity index is 3.21. The molecule has 10 heavy (non-hydrogen) atoms. The lowest BCUT2D eigenvalue weighted by Crippen LogP contribution is -1.99. The predicted octanol–water partition coefficient (Wildman–Crippen LogP) is -0.0352. The number of hydrogen-bond donors (Lipinski definition) is 2. The summed E-state index contributed by atoms with van der Waals surface area (Å²) in [4.78, 5) is 5.76. The molecule has 0 unspecified atom stereocenters. The highest BCUT2D eigenvalue weighted by molar-refractivity contribution is 7.85. The molecule has 1 heterocycles.